The summed E-state index contributed by atoms with van der Waals surface area (Å²) < 4.78 is 0. The summed E-state index contributed by atoms with van der Waals surface area (Å²) in [5.41, 5.74) is 3.19. The summed E-state index contributed by atoms with van der Waals surface area (Å²) in [7, 11) is 0. The molecule has 0 radical (unpaired) electrons. The average Bonchev–Trinajstić information content (AvgIpc) is 3.07. The minimum atomic E-state index is -0.927. The fourth-order valence-electron chi connectivity index (χ4n) is 5.49. The number of imide groups is 1. The van der Waals surface area contributed by atoms with Gasteiger partial charge in [-0.05, 0) is 60.9 Å². The molecule has 7 heteroatoms. The van der Waals surface area contributed by atoms with E-state index in [9.17, 15) is 30.0 Å². The Balaban J connectivity index is 1.82. The van der Waals surface area contributed by atoms with Gasteiger partial charge in [0.2, 0.25) is 11.8 Å². The highest BCUT2D eigenvalue weighted by molar-refractivity contribution is 6.05. The van der Waals surface area contributed by atoms with E-state index in [1.807, 2.05) is 19.1 Å². The lowest BCUT2D eigenvalue weighted by atomic mass is 9.68. The molecule has 0 bridgehead atoms. The third-order valence-electron chi connectivity index (χ3n) is 7.04. The maximum Gasteiger partial charge on any atom is 0.233 e. The molecule has 1 aromatic rings. The molecule has 2 aliphatic rings. The fourth-order valence-corrected chi connectivity index (χ4v) is 5.49. The zero-order valence-corrected chi connectivity index (χ0v) is 20.1. The summed E-state index contributed by atoms with van der Waals surface area (Å²) in [5, 5.41) is 41.0. The first-order valence-electron chi connectivity index (χ1n) is 12.3. The third-order valence-corrected chi connectivity index (χ3v) is 7.04. The second-order valence-electron chi connectivity index (χ2n) is 9.37. The molecular formula is C27H37NO6. The Morgan fingerprint density at radius 2 is 1.79 bits per heavy atom. The molecule has 1 aliphatic carbocycles. The van der Waals surface area contributed by atoms with E-state index in [0.717, 1.165) is 24.0 Å². The Morgan fingerprint density at radius 3 is 2.38 bits per heavy atom. The van der Waals surface area contributed by atoms with Crippen LogP contribution in [-0.2, 0) is 9.59 Å². The van der Waals surface area contributed by atoms with Gasteiger partial charge in [-0.15, -0.1) is 0 Å². The highest BCUT2D eigenvalue weighted by Crippen LogP contribution is 2.46. The molecule has 186 valence electrons. The van der Waals surface area contributed by atoms with E-state index in [1.165, 1.54) is 4.90 Å². The van der Waals surface area contributed by atoms with Crippen molar-refractivity contribution in [1.82, 2.24) is 4.90 Å². The number of hydrogen-bond acceptors (Lipinski definition) is 6. The van der Waals surface area contributed by atoms with Crippen LogP contribution >= 0.6 is 0 Å². The summed E-state index contributed by atoms with van der Waals surface area (Å²) in [4.78, 5) is 27.2. The van der Waals surface area contributed by atoms with Crippen LogP contribution in [0.1, 0.15) is 57.9 Å². The Kier molecular flexibility index (Phi) is 9.05. The van der Waals surface area contributed by atoms with Crippen LogP contribution in [0.15, 0.2) is 41.0 Å². The van der Waals surface area contributed by atoms with Gasteiger partial charge in [0.25, 0.3) is 0 Å². The molecule has 4 atom stereocenters. The number of likely N-dealkylation sites (tertiary alicyclic amines) is 1. The van der Waals surface area contributed by atoms with Crippen LogP contribution in [0.2, 0.25) is 0 Å². The average molecular weight is 472 g/mol. The minimum absolute atomic E-state index is 0.205. The lowest BCUT2D eigenvalue weighted by Gasteiger charge is -2.36. The van der Waals surface area contributed by atoms with Crippen LogP contribution in [0, 0.1) is 17.8 Å². The van der Waals surface area contributed by atoms with Crippen LogP contribution < -0.4 is 0 Å². The number of aromatic hydroxyl groups is 1. The second-order valence-corrected chi connectivity index (χ2v) is 9.37. The molecule has 0 spiro atoms. The summed E-state index contributed by atoms with van der Waals surface area (Å²) in [6.07, 6.45) is 4.81. The number of allylic oxidation sites excluding steroid dienone is 1. The maximum absolute atomic E-state index is 13.1. The largest absolute Gasteiger partial charge is 0.508 e. The van der Waals surface area contributed by atoms with Gasteiger partial charge < -0.3 is 20.4 Å². The molecular weight excluding hydrogens is 434 g/mol. The molecule has 4 N–H and O–H groups in total. The van der Waals surface area contributed by atoms with Gasteiger partial charge in [0.15, 0.2) is 0 Å². The number of carbonyl (C=O) groups is 2. The van der Waals surface area contributed by atoms with Crippen LogP contribution in [0.4, 0.5) is 0 Å². The highest BCUT2D eigenvalue weighted by Gasteiger charge is 2.54. The highest BCUT2D eigenvalue weighted by atomic mass is 16.3. The summed E-state index contributed by atoms with van der Waals surface area (Å²) in [6, 6.07) is 6.94. The number of aliphatic hydroxyl groups is 3. The van der Waals surface area contributed by atoms with Gasteiger partial charge in [0.1, 0.15) is 5.75 Å². The van der Waals surface area contributed by atoms with Gasteiger partial charge in [-0.1, -0.05) is 44.1 Å². The molecule has 1 aliphatic heterocycles. The van der Waals surface area contributed by atoms with E-state index in [-0.39, 0.29) is 37.2 Å². The molecule has 7 nitrogen and oxygen atoms in total. The number of phenols is 1. The Bertz CT molecular complexity index is 935. The van der Waals surface area contributed by atoms with Gasteiger partial charge in [0.05, 0.1) is 31.2 Å². The quantitative estimate of drug-likeness (QED) is 0.291. The van der Waals surface area contributed by atoms with Gasteiger partial charge in [-0.3, -0.25) is 14.5 Å². The Labute approximate surface area is 201 Å². The predicted octanol–water partition coefficient (Wildman–Crippen LogP) is 3.03. The zero-order chi connectivity index (χ0) is 24.8. The number of aliphatic hydroxyl groups excluding tert-OH is 3. The van der Waals surface area contributed by atoms with E-state index < -0.39 is 23.9 Å². The lowest BCUT2D eigenvalue weighted by Crippen LogP contribution is -2.39. The van der Waals surface area contributed by atoms with E-state index in [2.05, 4.69) is 13.0 Å². The summed E-state index contributed by atoms with van der Waals surface area (Å²) in [6.45, 7) is 3.66. The molecule has 0 aromatic heterocycles. The summed E-state index contributed by atoms with van der Waals surface area (Å²) in [5.74, 6) is -2.26. The zero-order valence-electron chi connectivity index (χ0n) is 20.1. The molecule has 1 aromatic carbocycles. The number of hydrogen-bond donors (Lipinski definition) is 4. The van der Waals surface area contributed by atoms with Crippen molar-refractivity contribution in [3.8, 4) is 5.75 Å². The minimum Gasteiger partial charge on any atom is -0.508 e. The maximum atomic E-state index is 13.1. The Morgan fingerprint density at radius 1 is 1.09 bits per heavy atom. The topological polar surface area (TPSA) is 118 Å². The molecule has 1 heterocycles. The first kappa shape index (κ1) is 26.1. The predicted molar refractivity (Wildman–Crippen MR) is 130 cm³/mol. The SMILES string of the molecule is CCC/C(=C\c1ccc(O)cc1)CC[C@@H](O)C1=C(CO)C[C@H]2C(=O)N(CCC)C(=O)[C@H]2[C@H]1CO. The normalized spacial score (nSPS) is 24.1. The van der Waals surface area contributed by atoms with Gasteiger partial charge in [-0.25, -0.2) is 0 Å². The van der Waals surface area contributed by atoms with Crippen molar-refractivity contribution in [3.05, 3.63) is 46.5 Å². The number of fused-ring (bicyclic) bond motifs is 1. The van der Waals surface area contributed by atoms with Crippen molar-refractivity contribution in [2.75, 3.05) is 19.8 Å². The fraction of sp³-hybridized carbons (Fsp3) is 0.556. The first-order valence-corrected chi connectivity index (χ1v) is 12.3. The number of nitrogens with zero attached hydrogens (tertiary/aromatic N) is 1. The van der Waals surface area contributed by atoms with E-state index in [4.69, 9.17) is 0 Å². The van der Waals surface area contributed by atoms with Crippen LogP contribution in [0.3, 0.4) is 0 Å². The molecule has 34 heavy (non-hydrogen) atoms. The van der Waals surface area contributed by atoms with Crippen molar-refractivity contribution in [1.29, 1.82) is 0 Å². The van der Waals surface area contributed by atoms with Crippen molar-refractivity contribution < 1.29 is 30.0 Å². The van der Waals surface area contributed by atoms with Gasteiger partial charge in [-0.2, -0.15) is 0 Å². The van der Waals surface area contributed by atoms with Gasteiger partial charge >= 0.3 is 0 Å². The van der Waals surface area contributed by atoms with Crippen molar-refractivity contribution in [3.63, 3.8) is 0 Å². The van der Waals surface area contributed by atoms with E-state index in [0.29, 0.717) is 37.0 Å². The number of amides is 2. The van der Waals surface area contributed by atoms with Crippen molar-refractivity contribution >= 4 is 17.9 Å². The molecule has 1 fully saturated rings. The van der Waals surface area contributed by atoms with E-state index in [1.54, 1.807) is 12.1 Å². The number of carbonyl (C=O) groups excluding carboxylic acids is 2. The van der Waals surface area contributed by atoms with E-state index >= 15 is 0 Å². The second kappa shape index (κ2) is 11.8. The third kappa shape index (κ3) is 5.43. The summed E-state index contributed by atoms with van der Waals surface area (Å²) >= 11 is 0. The number of rotatable bonds is 11. The Hall–Kier alpha value is -2.48. The molecule has 3 rings (SSSR count). The van der Waals surface area contributed by atoms with Crippen LogP contribution in [0.25, 0.3) is 6.08 Å². The van der Waals surface area contributed by atoms with Crippen molar-refractivity contribution in [2.45, 2.75) is 58.5 Å². The van der Waals surface area contributed by atoms with Crippen LogP contribution in [-0.4, -0.2) is 63.0 Å². The molecule has 2 amide bonds. The van der Waals surface area contributed by atoms with Crippen molar-refractivity contribution in [2.24, 2.45) is 17.8 Å². The standard InChI is InChI=1S/C27H37NO6/c1-3-5-17(13-18-6-9-20(31)10-7-18)8-11-23(32)24-19(15-29)14-21-25(22(24)16-30)27(34)28(12-4-2)26(21)33/h6-7,9-10,13,21-23,25,29-32H,3-5,8,11-12,14-16H2,1-2H3/b17-13+/t21-,22+,23-,25-/m1/s1. The van der Waals surface area contributed by atoms with Crippen LogP contribution in [0.5, 0.6) is 5.75 Å². The monoisotopic (exact) mass is 471 g/mol. The molecule has 1 saturated heterocycles. The van der Waals surface area contributed by atoms with Gasteiger partial charge in [0, 0.05) is 12.5 Å². The molecule has 0 unspecified atom stereocenters. The lowest BCUT2D eigenvalue weighted by molar-refractivity contribution is -0.140. The number of phenolic OH excluding ortho intramolecular Hbond substituents is 1. The number of benzene rings is 1. The first-order chi connectivity index (χ1) is 16.4. The molecule has 0 saturated carbocycles. The smallest absolute Gasteiger partial charge is 0.233 e.